The van der Waals surface area contributed by atoms with Crippen LogP contribution in [0.2, 0.25) is 0 Å². The second-order valence-electron chi connectivity index (χ2n) is 5.59. The average Bonchev–Trinajstić information content (AvgIpc) is 2.78. The summed E-state index contributed by atoms with van der Waals surface area (Å²) in [6.07, 6.45) is 2.24. The maximum absolute atomic E-state index is 12.3. The number of anilines is 1. The summed E-state index contributed by atoms with van der Waals surface area (Å²) in [5.41, 5.74) is 2.68. The minimum absolute atomic E-state index is 0.0489. The van der Waals surface area contributed by atoms with E-state index in [1.807, 2.05) is 25.1 Å². The normalized spacial score (nSPS) is 22.9. The van der Waals surface area contributed by atoms with E-state index in [1.54, 1.807) is 0 Å². The second-order valence-corrected chi connectivity index (χ2v) is 5.59. The van der Waals surface area contributed by atoms with Crippen molar-refractivity contribution in [2.75, 3.05) is 11.9 Å². The SMILES string of the molecule is Cc1nc2ccc(NC(=O)C3NCCCC3C)cc2[nH]1. The Morgan fingerprint density at radius 2 is 2.30 bits per heavy atom. The molecule has 1 fully saturated rings. The van der Waals surface area contributed by atoms with Crippen LogP contribution in [0, 0.1) is 12.8 Å². The predicted octanol–water partition coefficient (Wildman–Crippen LogP) is 2.20. The van der Waals surface area contributed by atoms with Gasteiger partial charge in [0, 0.05) is 5.69 Å². The highest BCUT2D eigenvalue weighted by Gasteiger charge is 2.27. The molecule has 3 N–H and O–H groups in total. The maximum atomic E-state index is 12.3. The molecular formula is C15H20N4O. The number of aromatic nitrogens is 2. The number of imidazole rings is 1. The van der Waals surface area contributed by atoms with Crippen LogP contribution in [0.3, 0.4) is 0 Å². The molecule has 0 aliphatic carbocycles. The first-order valence-corrected chi connectivity index (χ1v) is 7.14. The highest BCUT2D eigenvalue weighted by atomic mass is 16.2. The van der Waals surface area contributed by atoms with Gasteiger partial charge in [0.15, 0.2) is 0 Å². The number of aryl methyl sites for hydroxylation is 1. The zero-order valence-corrected chi connectivity index (χ0v) is 11.9. The van der Waals surface area contributed by atoms with Crippen LogP contribution in [-0.2, 0) is 4.79 Å². The van der Waals surface area contributed by atoms with E-state index < -0.39 is 0 Å². The van der Waals surface area contributed by atoms with Crippen molar-refractivity contribution >= 4 is 22.6 Å². The van der Waals surface area contributed by atoms with E-state index in [9.17, 15) is 4.79 Å². The van der Waals surface area contributed by atoms with Crippen molar-refractivity contribution in [3.8, 4) is 0 Å². The molecule has 0 bridgehead atoms. The number of piperidine rings is 1. The Labute approximate surface area is 118 Å². The third-order valence-electron chi connectivity index (χ3n) is 3.92. The number of benzene rings is 1. The van der Waals surface area contributed by atoms with E-state index in [0.717, 1.165) is 41.9 Å². The van der Waals surface area contributed by atoms with Gasteiger partial charge in [-0.15, -0.1) is 0 Å². The van der Waals surface area contributed by atoms with Crippen molar-refractivity contribution in [3.05, 3.63) is 24.0 Å². The Balaban J connectivity index is 1.76. The Morgan fingerprint density at radius 3 is 3.10 bits per heavy atom. The summed E-state index contributed by atoms with van der Waals surface area (Å²) >= 11 is 0. The molecule has 2 heterocycles. The number of nitrogens with one attached hydrogen (secondary N) is 3. The Bertz CT molecular complexity index is 634. The van der Waals surface area contributed by atoms with Crippen molar-refractivity contribution < 1.29 is 4.79 Å². The van der Waals surface area contributed by atoms with E-state index >= 15 is 0 Å². The molecule has 1 amide bonds. The van der Waals surface area contributed by atoms with Gasteiger partial charge in [0.25, 0.3) is 0 Å². The minimum atomic E-state index is -0.0945. The molecule has 1 aromatic heterocycles. The van der Waals surface area contributed by atoms with E-state index in [0.29, 0.717) is 5.92 Å². The van der Waals surface area contributed by atoms with Crippen LogP contribution in [0.4, 0.5) is 5.69 Å². The summed E-state index contributed by atoms with van der Waals surface area (Å²) in [4.78, 5) is 19.9. The van der Waals surface area contributed by atoms with Gasteiger partial charge >= 0.3 is 0 Å². The molecule has 1 aliphatic rings. The molecule has 0 radical (unpaired) electrons. The highest BCUT2D eigenvalue weighted by molar-refractivity contribution is 5.96. The highest BCUT2D eigenvalue weighted by Crippen LogP contribution is 2.20. The van der Waals surface area contributed by atoms with Crippen molar-refractivity contribution in [1.29, 1.82) is 0 Å². The fourth-order valence-corrected chi connectivity index (χ4v) is 2.84. The average molecular weight is 272 g/mol. The molecule has 2 aromatic rings. The van der Waals surface area contributed by atoms with Gasteiger partial charge < -0.3 is 15.6 Å². The topological polar surface area (TPSA) is 69.8 Å². The standard InChI is InChI=1S/C15H20N4O/c1-9-4-3-7-16-14(9)15(20)19-11-5-6-12-13(8-11)18-10(2)17-12/h5-6,8-9,14,16H,3-4,7H2,1-2H3,(H,17,18)(H,19,20). The number of aromatic amines is 1. The number of hydrogen-bond acceptors (Lipinski definition) is 3. The van der Waals surface area contributed by atoms with Gasteiger partial charge in [-0.05, 0) is 50.4 Å². The quantitative estimate of drug-likeness (QED) is 0.785. The van der Waals surface area contributed by atoms with Gasteiger partial charge in [-0.25, -0.2) is 4.98 Å². The molecule has 5 heteroatoms. The summed E-state index contributed by atoms with van der Waals surface area (Å²) in [5.74, 6) is 1.31. The lowest BCUT2D eigenvalue weighted by Crippen LogP contribution is -2.48. The smallest absolute Gasteiger partial charge is 0.241 e. The van der Waals surface area contributed by atoms with Gasteiger partial charge in [-0.2, -0.15) is 0 Å². The molecule has 0 saturated carbocycles. The number of fused-ring (bicyclic) bond motifs is 1. The van der Waals surface area contributed by atoms with Gasteiger partial charge in [-0.3, -0.25) is 4.79 Å². The van der Waals surface area contributed by atoms with Gasteiger partial charge in [0.2, 0.25) is 5.91 Å². The first-order valence-electron chi connectivity index (χ1n) is 7.14. The lowest BCUT2D eigenvalue weighted by atomic mass is 9.92. The van der Waals surface area contributed by atoms with Crippen molar-refractivity contribution in [2.45, 2.75) is 32.7 Å². The van der Waals surface area contributed by atoms with Gasteiger partial charge in [0.1, 0.15) is 5.82 Å². The van der Waals surface area contributed by atoms with Crippen LogP contribution in [-0.4, -0.2) is 28.5 Å². The van der Waals surface area contributed by atoms with Crippen molar-refractivity contribution in [3.63, 3.8) is 0 Å². The molecule has 3 rings (SSSR count). The summed E-state index contributed by atoms with van der Waals surface area (Å²) < 4.78 is 0. The number of nitrogens with zero attached hydrogens (tertiary/aromatic N) is 1. The molecule has 20 heavy (non-hydrogen) atoms. The molecule has 2 unspecified atom stereocenters. The molecule has 106 valence electrons. The minimum Gasteiger partial charge on any atom is -0.342 e. The molecule has 1 aromatic carbocycles. The van der Waals surface area contributed by atoms with E-state index in [4.69, 9.17) is 0 Å². The largest absolute Gasteiger partial charge is 0.342 e. The van der Waals surface area contributed by atoms with Crippen LogP contribution < -0.4 is 10.6 Å². The summed E-state index contributed by atoms with van der Waals surface area (Å²) in [5, 5.41) is 6.29. The van der Waals surface area contributed by atoms with E-state index in [1.165, 1.54) is 0 Å². The summed E-state index contributed by atoms with van der Waals surface area (Å²) in [7, 11) is 0. The van der Waals surface area contributed by atoms with Crippen LogP contribution in [0.25, 0.3) is 11.0 Å². The molecule has 2 atom stereocenters. The maximum Gasteiger partial charge on any atom is 0.241 e. The number of amides is 1. The van der Waals surface area contributed by atoms with Gasteiger partial charge in [0.05, 0.1) is 17.1 Å². The third-order valence-corrected chi connectivity index (χ3v) is 3.92. The van der Waals surface area contributed by atoms with Crippen LogP contribution in [0.1, 0.15) is 25.6 Å². The molecule has 1 aliphatic heterocycles. The number of carbonyl (C=O) groups is 1. The van der Waals surface area contributed by atoms with Crippen molar-refractivity contribution in [1.82, 2.24) is 15.3 Å². The predicted molar refractivity (Wildman–Crippen MR) is 79.6 cm³/mol. The first-order chi connectivity index (χ1) is 9.63. The number of hydrogen-bond donors (Lipinski definition) is 3. The third kappa shape index (κ3) is 2.54. The van der Waals surface area contributed by atoms with Crippen LogP contribution >= 0.6 is 0 Å². The fourth-order valence-electron chi connectivity index (χ4n) is 2.84. The number of H-pyrrole nitrogens is 1. The monoisotopic (exact) mass is 272 g/mol. The lowest BCUT2D eigenvalue weighted by molar-refractivity contribution is -0.119. The van der Waals surface area contributed by atoms with E-state index in [2.05, 4.69) is 27.5 Å². The lowest BCUT2D eigenvalue weighted by Gasteiger charge is -2.28. The van der Waals surface area contributed by atoms with Crippen molar-refractivity contribution in [2.24, 2.45) is 5.92 Å². The van der Waals surface area contributed by atoms with Gasteiger partial charge in [-0.1, -0.05) is 6.92 Å². The fraction of sp³-hybridized carbons (Fsp3) is 0.467. The molecule has 5 nitrogen and oxygen atoms in total. The number of carbonyl (C=O) groups excluding carboxylic acids is 1. The van der Waals surface area contributed by atoms with Crippen LogP contribution in [0.15, 0.2) is 18.2 Å². The zero-order chi connectivity index (χ0) is 14.1. The van der Waals surface area contributed by atoms with E-state index in [-0.39, 0.29) is 11.9 Å². The number of rotatable bonds is 2. The molecular weight excluding hydrogens is 252 g/mol. The summed E-state index contributed by atoms with van der Waals surface area (Å²) in [6.45, 7) is 4.96. The zero-order valence-electron chi connectivity index (χ0n) is 11.9. The second kappa shape index (κ2) is 5.25. The Kier molecular flexibility index (Phi) is 3.44. The Morgan fingerprint density at radius 1 is 1.45 bits per heavy atom. The summed E-state index contributed by atoms with van der Waals surface area (Å²) in [6, 6.07) is 5.66. The Hall–Kier alpha value is -1.88. The molecule has 0 spiro atoms. The first kappa shape index (κ1) is 13.1. The van der Waals surface area contributed by atoms with Crippen LogP contribution in [0.5, 0.6) is 0 Å². The molecule has 1 saturated heterocycles.